The summed E-state index contributed by atoms with van der Waals surface area (Å²) in [6.45, 7) is 0.291. The second-order valence-corrected chi connectivity index (χ2v) is 6.77. The van der Waals surface area contributed by atoms with Crippen LogP contribution in [0.4, 0.5) is 14.5 Å². The first-order valence-corrected chi connectivity index (χ1v) is 8.67. The Morgan fingerprint density at radius 3 is 2.56 bits per heavy atom. The average Bonchev–Trinajstić information content (AvgIpc) is 2.58. The molecule has 0 aliphatic rings. The lowest BCUT2D eigenvalue weighted by Gasteiger charge is -2.09. The Labute approximate surface area is 143 Å². The lowest BCUT2D eigenvalue weighted by atomic mass is 10.2. The van der Waals surface area contributed by atoms with Crippen LogP contribution in [0.1, 0.15) is 10.4 Å². The molecule has 0 aromatic heterocycles. The van der Waals surface area contributed by atoms with Gasteiger partial charge in [-0.05, 0) is 30.3 Å². The second kappa shape index (κ2) is 8.15. The summed E-state index contributed by atoms with van der Waals surface area (Å²) in [5, 5.41) is 2.38. The number of nitrogens with one attached hydrogen (secondary N) is 2. The predicted molar refractivity (Wildman–Crippen MR) is 87.8 cm³/mol. The quantitative estimate of drug-likeness (QED) is 0.732. The van der Waals surface area contributed by atoms with E-state index in [0.717, 1.165) is 12.1 Å². The van der Waals surface area contributed by atoms with E-state index in [2.05, 4.69) is 10.0 Å². The van der Waals surface area contributed by atoms with Crippen molar-refractivity contribution >= 4 is 21.6 Å². The van der Waals surface area contributed by atoms with Crippen LogP contribution in [0, 0.1) is 11.6 Å². The molecule has 0 saturated heterocycles. The molecular formula is C16H16F2N2O4S. The third kappa shape index (κ3) is 5.05. The number of hydrogen-bond donors (Lipinski definition) is 2. The van der Waals surface area contributed by atoms with E-state index in [0.29, 0.717) is 0 Å². The van der Waals surface area contributed by atoms with Crippen molar-refractivity contribution in [2.45, 2.75) is 4.90 Å². The van der Waals surface area contributed by atoms with Crippen molar-refractivity contribution in [1.29, 1.82) is 0 Å². The zero-order chi connectivity index (χ0) is 18.4. The largest absolute Gasteiger partial charge is 0.383 e. The molecule has 2 aromatic carbocycles. The minimum Gasteiger partial charge on any atom is -0.383 e. The maximum atomic E-state index is 13.2. The van der Waals surface area contributed by atoms with Gasteiger partial charge in [-0.15, -0.1) is 0 Å². The first kappa shape index (κ1) is 19.0. The monoisotopic (exact) mass is 370 g/mol. The highest BCUT2D eigenvalue weighted by Crippen LogP contribution is 2.16. The molecule has 0 fully saturated rings. The standard InChI is InChI=1S/C16H16F2N2O4S/c1-24-8-7-19-25(22,23)13-4-2-3-11(9-13)16(21)20-12-5-6-14(17)15(18)10-12/h2-6,9-10,19H,7-8H2,1H3,(H,20,21). The van der Waals surface area contributed by atoms with Crippen LogP contribution < -0.4 is 10.0 Å². The van der Waals surface area contributed by atoms with Crippen molar-refractivity contribution in [2.24, 2.45) is 0 Å². The Bertz CT molecular complexity index is 872. The molecule has 0 aliphatic carbocycles. The first-order valence-electron chi connectivity index (χ1n) is 7.18. The van der Waals surface area contributed by atoms with E-state index in [9.17, 15) is 22.0 Å². The van der Waals surface area contributed by atoms with Gasteiger partial charge < -0.3 is 10.1 Å². The van der Waals surface area contributed by atoms with Gasteiger partial charge in [0.2, 0.25) is 10.0 Å². The number of hydrogen-bond acceptors (Lipinski definition) is 4. The zero-order valence-electron chi connectivity index (χ0n) is 13.3. The predicted octanol–water partition coefficient (Wildman–Crippen LogP) is 2.14. The minimum absolute atomic E-state index is 0.0513. The molecule has 25 heavy (non-hydrogen) atoms. The van der Waals surface area contributed by atoms with Crippen LogP contribution in [0.2, 0.25) is 0 Å². The van der Waals surface area contributed by atoms with Crippen LogP contribution in [-0.4, -0.2) is 34.6 Å². The molecule has 1 amide bonds. The number of methoxy groups -OCH3 is 1. The molecule has 0 atom stereocenters. The van der Waals surface area contributed by atoms with E-state index in [1.165, 1.54) is 37.4 Å². The second-order valence-electron chi connectivity index (χ2n) is 5.00. The highest BCUT2D eigenvalue weighted by atomic mass is 32.2. The zero-order valence-corrected chi connectivity index (χ0v) is 14.1. The molecule has 2 aromatic rings. The lowest BCUT2D eigenvalue weighted by Crippen LogP contribution is -2.27. The van der Waals surface area contributed by atoms with Gasteiger partial charge in [-0.2, -0.15) is 0 Å². The number of sulfonamides is 1. The summed E-state index contributed by atoms with van der Waals surface area (Å²) in [7, 11) is -2.35. The smallest absolute Gasteiger partial charge is 0.255 e. The first-order chi connectivity index (χ1) is 11.8. The molecule has 0 bridgehead atoms. The number of anilines is 1. The topological polar surface area (TPSA) is 84.5 Å². The summed E-state index contributed by atoms with van der Waals surface area (Å²) in [4.78, 5) is 12.1. The molecule has 0 unspecified atom stereocenters. The lowest BCUT2D eigenvalue weighted by molar-refractivity contribution is 0.102. The molecule has 0 aliphatic heterocycles. The van der Waals surface area contributed by atoms with Gasteiger partial charge in [0.05, 0.1) is 11.5 Å². The van der Waals surface area contributed by atoms with Crippen LogP contribution in [0.25, 0.3) is 0 Å². The fourth-order valence-corrected chi connectivity index (χ4v) is 3.00. The molecule has 0 saturated carbocycles. The van der Waals surface area contributed by atoms with Crippen molar-refractivity contribution in [3.63, 3.8) is 0 Å². The number of benzene rings is 2. The van der Waals surface area contributed by atoms with Gasteiger partial charge in [-0.25, -0.2) is 21.9 Å². The van der Waals surface area contributed by atoms with Gasteiger partial charge in [0.15, 0.2) is 11.6 Å². The Morgan fingerprint density at radius 1 is 1.12 bits per heavy atom. The number of amides is 1. The van der Waals surface area contributed by atoms with E-state index in [-0.39, 0.29) is 29.3 Å². The van der Waals surface area contributed by atoms with Gasteiger partial charge in [-0.1, -0.05) is 6.07 Å². The maximum Gasteiger partial charge on any atom is 0.255 e. The van der Waals surface area contributed by atoms with Crippen molar-refractivity contribution in [3.05, 3.63) is 59.7 Å². The van der Waals surface area contributed by atoms with Crippen LogP contribution >= 0.6 is 0 Å². The molecule has 0 spiro atoms. The molecular weight excluding hydrogens is 354 g/mol. The Balaban J connectivity index is 2.17. The summed E-state index contributed by atoms with van der Waals surface area (Å²) >= 11 is 0. The number of halogens is 2. The number of rotatable bonds is 7. The fourth-order valence-electron chi connectivity index (χ4n) is 1.94. The van der Waals surface area contributed by atoms with Crippen LogP contribution in [0.15, 0.2) is 47.4 Å². The van der Waals surface area contributed by atoms with Crippen molar-refractivity contribution in [3.8, 4) is 0 Å². The maximum absolute atomic E-state index is 13.2. The van der Waals surface area contributed by atoms with Crippen molar-refractivity contribution < 1.29 is 26.7 Å². The fraction of sp³-hybridized carbons (Fsp3) is 0.188. The van der Waals surface area contributed by atoms with E-state index >= 15 is 0 Å². The van der Waals surface area contributed by atoms with Gasteiger partial charge in [0.1, 0.15) is 0 Å². The normalized spacial score (nSPS) is 11.3. The minimum atomic E-state index is -3.79. The van der Waals surface area contributed by atoms with Crippen molar-refractivity contribution in [2.75, 3.05) is 25.6 Å². The third-order valence-electron chi connectivity index (χ3n) is 3.18. The number of carbonyl (C=O) groups excluding carboxylic acids is 1. The Morgan fingerprint density at radius 2 is 1.88 bits per heavy atom. The SMILES string of the molecule is COCCNS(=O)(=O)c1cccc(C(=O)Nc2ccc(F)c(F)c2)c1. The summed E-state index contributed by atoms with van der Waals surface area (Å²) < 4.78 is 57.4. The molecule has 6 nitrogen and oxygen atoms in total. The van der Waals surface area contributed by atoms with Crippen molar-refractivity contribution in [1.82, 2.24) is 4.72 Å². The molecule has 0 heterocycles. The number of ether oxygens (including phenoxy) is 1. The van der Waals surface area contributed by atoms with E-state index in [1.807, 2.05) is 0 Å². The average molecular weight is 370 g/mol. The van der Waals surface area contributed by atoms with Crippen LogP contribution in [-0.2, 0) is 14.8 Å². The van der Waals surface area contributed by atoms with E-state index < -0.39 is 27.6 Å². The molecule has 134 valence electrons. The Hall–Kier alpha value is -2.36. The third-order valence-corrected chi connectivity index (χ3v) is 4.64. The van der Waals surface area contributed by atoms with Gasteiger partial charge in [0.25, 0.3) is 5.91 Å². The van der Waals surface area contributed by atoms with Gasteiger partial charge >= 0.3 is 0 Å². The van der Waals surface area contributed by atoms with E-state index in [4.69, 9.17) is 4.74 Å². The summed E-state index contributed by atoms with van der Waals surface area (Å²) in [6.07, 6.45) is 0. The highest BCUT2D eigenvalue weighted by Gasteiger charge is 2.16. The molecule has 2 N–H and O–H groups in total. The van der Waals surface area contributed by atoms with E-state index in [1.54, 1.807) is 0 Å². The van der Waals surface area contributed by atoms with Gasteiger partial charge in [0, 0.05) is 31.0 Å². The summed E-state index contributed by atoms with van der Waals surface area (Å²) in [5.74, 6) is -2.79. The number of carbonyl (C=O) groups is 1. The highest BCUT2D eigenvalue weighted by molar-refractivity contribution is 7.89. The summed E-state index contributed by atoms with van der Waals surface area (Å²) in [5.41, 5.74) is 0.106. The van der Waals surface area contributed by atoms with Gasteiger partial charge in [-0.3, -0.25) is 4.79 Å². The molecule has 9 heteroatoms. The molecule has 0 radical (unpaired) electrons. The Kier molecular flexibility index (Phi) is 6.18. The van der Waals surface area contributed by atoms with Crippen LogP contribution in [0.3, 0.4) is 0 Å². The molecule has 2 rings (SSSR count). The van der Waals surface area contributed by atoms with Crippen LogP contribution in [0.5, 0.6) is 0 Å². The summed E-state index contributed by atoms with van der Waals surface area (Å²) in [6, 6.07) is 8.25.